The van der Waals surface area contributed by atoms with Crippen LogP contribution in [0.15, 0.2) is 30.5 Å². The summed E-state index contributed by atoms with van der Waals surface area (Å²) in [4.78, 5) is 0.267. The fourth-order valence-electron chi connectivity index (χ4n) is 1.31. The van der Waals surface area contributed by atoms with Crippen LogP contribution in [0.3, 0.4) is 0 Å². The predicted molar refractivity (Wildman–Crippen MR) is 59.9 cm³/mol. The van der Waals surface area contributed by atoms with E-state index in [0.717, 1.165) is 5.56 Å². The van der Waals surface area contributed by atoms with Crippen molar-refractivity contribution in [1.82, 2.24) is 10.2 Å². The largest absolute Gasteiger partial charge is 0.389 e. The summed E-state index contributed by atoms with van der Waals surface area (Å²) in [7, 11) is 0. The molecule has 0 unspecified atom stereocenters. The number of thiocarbonyl (C=S) groups is 1. The van der Waals surface area contributed by atoms with Gasteiger partial charge in [0.05, 0.1) is 17.5 Å². The third-order valence-corrected chi connectivity index (χ3v) is 2.26. The molecule has 0 spiro atoms. The summed E-state index contributed by atoms with van der Waals surface area (Å²) >= 11 is 4.87. The topological polar surface area (TPSA) is 54.7 Å². The molecule has 5 heteroatoms. The molecule has 0 amide bonds. The normalized spacial score (nSPS) is 10.2. The lowest BCUT2D eigenvalue weighted by atomic mass is 10.1. The van der Waals surface area contributed by atoms with E-state index in [0.29, 0.717) is 11.3 Å². The first-order chi connectivity index (χ1) is 7.18. The molecule has 0 fully saturated rings. The van der Waals surface area contributed by atoms with Crippen LogP contribution in [0.25, 0.3) is 11.3 Å². The van der Waals surface area contributed by atoms with E-state index in [4.69, 9.17) is 18.0 Å². The summed E-state index contributed by atoms with van der Waals surface area (Å²) in [5, 5.41) is 6.64. The third-order valence-electron chi connectivity index (χ3n) is 2.04. The number of nitrogens with two attached hydrogens (primary N) is 1. The van der Waals surface area contributed by atoms with Gasteiger partial charge in [0.15, 0.2) is 0 Å². The van der Waals surface area contributed by atoms with Crippen molar-refractivity contribution in [2.24, 2.45) is 5.73 Å². The number of hydrogen-bond acceptors (Lipinski definition) is 2. The number of H-pyrrole nitrogens is 1. The van der Waals surface area contributed by atoms with Crippen LogP contribution in [-0.4, -0.2) is 15.2 Å². The molecule has 0 aliphatic carbocycles. The number of benzene rings is 1. The van der Waals surface area contributed by atoms with Crippen molar-refractivity contribution < 1.29 is 4.39 Å². The summed E-state index contributed by atoms with van der Waals surface area (Å²) in [5.41, 5.74) is 7.70. The highest BCUT2D eigenvalue weighted by Gasteiger charge is 2.09. The van der Waals surface area contributed by atoms with E-state index in [1.807, 2.05) is 0 Å². The van der Waals surface area contributed by atoms with Gasteiger partial charge in [-0.2, -0.15) is 5.10 Å². The van der Waals surface area contributed by atoms with Crippen LogP contribution in [-0.2, 0) is 0 Å². The maximum Gasteiger partial charge on any atom is 0.123 e. The summed E-state index contributed by atoms with van der Waals surface area (Å²) < 4.78 is 12.7. The minimum absolute atomic E-state index is 0.267. The van der Waals surface area contributed by atoms with Crippen LogP contribution in [0.5, 0.6) is 0 Å². The molecule has 1 heterocycles. The molecular formula is C10H8FN3S. The number of aromatic nitrogens is 2. The Morgan fingerprint density at radius 3 is 2.60 bits per heavy atom. The van der Waals surface area contributed by atoms with Gasteiger partial charge in [-0.3, -0.25) is 5.10 Å². The Morgan fingerprint density at radius 1 is 1.33 bits per heavy atom. The number of halogens is 1. The minimum Gasteiger partial charge on any atom is -0.389 e. The van der Waals surface area contributed by atoms with Crippen LogP contribution in [0.1, 0.15) is 5.56 Å². The molecule has 0 saturated heterocycles. The Morgan fingerprint density at radius 2 is 2.00 bits per heavy atom. The molecule has 3 nitrogen and oxygen atoms in total. The van der Waals surface area contributed by atoms with E-state index in [1.54, 1.807) is 18.3 Å². The van der Waals surface area contributed by atoms with E-state index in [9.17, 15) is 4.39 Å². The van der Waals surface area contributed by atoms with E-state index in [1.165, 1.54) is 12.1 Å². The Balaban J connectivity index is 2.49. The molecule has 0 aliphatic heterocycles. The van der Waals surface area contributed by atoms with Gasteiger partial charge in [-0.05, 0) is 24.3 Å². The molecule has 1 aromatic heterocycles. The van der Waals surface area contributed by atoms with Gasteiger partial charge >= 0.3 is 0 Å². The van der Waals surface area contributed by atoms with Gasteiger partial charge in [0.1, 0.15) is 10.8 Å². The van der Waals surface area contributed by atoms with Crippen molar-refractivity contribution in [2.45, 2.75) is 0 Å². The van der Waals surface area contributed by atoms with Crippen molar-refractivity contribution in [1.29, 1.82) is 0 Å². The maximum absolute atomic E-state index is 12.7. The zero-order valence-corrected chi connectivity index (χ0v) is 8.51. The molecule has 0 atom stereocenters. The van der Waals surface area contributed by atoms with Gasteiger partial charge in [0.25, 0.3) is 0 Å². The van der Waals surface area contributed by atoms with Gasteiger partial charge in [0.2, 0.25) is 0 Å². The van der Waals surface area contributed by atoms with E-state index in [-0.39, 0.29) is 10.8 Å². The van der Waals surface area contributed by atoms with Crippen LogP contribution in [0.2, 0.25) is 0 Å². The lowest BCUT2D eigenvalue weighted by Gasteiger charge is -2.00. The molecule has 2 rings (SSSR count). The fourth-order valence-corrected chi connectivity index (χ4v) is 1.46. The first-order valence-electron chi connectivity index (χ1n) is 4.27. The number of rotatable bonds is 2. The second-order valence-corrected chi connectivity index (χ2v) is 3.47. The Labute approximate surface area is 91.1 Å². The SMILES string of the molecule is NC(=S)c1cn[nH]c1-c1ccc(F)cc1. The lowest BCUT2D eigenvalue weighted by molar-refractivity contribution is 0.628. The van der Waals surface area contributed by atoms with Gasteiger partial charge in [-0.25, -0.2) is 4.39 Å². The van der Waals surface area contributed by atoms with Crippen molar-refractivity contribution in [3.05, 3.63) is 41.8 Å². The Hall–Kier alpha value is -1.75. The number of nitrogens with one attached hydrogen (secondary N) is 1. The van der Waals surface area contributed by atoms with Crippen LogP contribution < -0.4 is 5.73 Å². The number of hydrogen-bond donors (Lipinski definition) is 2. The molecule has 2 aromatic rings. The summed E-state index contributed by atoms with van der Waals surface area (Å²) in [6.07, 6.45) is 1.56. The van der Waals surface area contributed by atoms with Gasteiger partial charge in [0, 0.05) is 5.56 Å². The average Bonchev–Trinajstić information content (AvgIpc) is 2.67. The monoisotopic (exact) mass is 221 g/mol. The van der Waals surface area contributed by atoms with Crippen molar-refractivity contribution >= 4 is 17.2 Å². The third kappa shape index (κ3) is 1.87. The molecular weight excluding hydrogens is 213 g/mol. The number of aromatic amines is 1. The van der Waals surface area contributed by atoms with E-state index >= 15 is 0 Å². The zero-order valence-electron chi connectivity index (χ0n) is 7.70. The molecule has 76 valence electrons. The van der Waals surface area contributed by atoms with Crippen molar-refractivity contribution in [3.63, 3.8) is 0 Å². The maximum atomic E-state index is 12.7. The zero-order chi connectivity index (χ0) is 10.8. The lowest BCUT2D eigenvalue weighted by Crippen LogP contribution is -2.09. The summed E-state index contributed by atoms with van der Waals surface area (Å²) in [6.45, 7) is 0. The fraction of sp³-hybridized carbons (Fsp3) is 0. The second-order valence-electron chi connectivity index (χ2n) is 3.03. The number of nitrogens with zero attached hydrogens (tertiary/aromatic N) is 1. The Bertz CT molecular complexity index is 490. The molecule has 0 radical (unpaired) electrons. The highest BCUT2D eigenvalue weighted by atomic mass is 32.1. The highest BCUT2D eigenvalue weighted by Crippen LogP contribution is 2.20. The molecule has 1 aromatic carbocycles. The first-order valence-corrected chi connectivity index (χ1v) is 4.68. The highest BCUT2D eigenvalue weighted by molar-refractivity contribution is 7.80. The van der Waals surface area contributed by atoms with E-state index in [2.05, 4.69) is 10.2 Å². The van der Waals surface area contributed by atoms with E-state index < -0.39 is 0 Å². The molecule has 0 aliphatic rings. The van der Waals surface area contributed by atoms with Gasteiger partial charge in [-0.15, -0.1) is 0 Å². The summed E-state index contributed by atoms with van der Waals surface area (Å²) in [6, 6.07) is 6.04. The van der Waals surface area contributed by atoms with Crippen molar-refractivity contribution in [2.75, 3.05) is 0 Å². The van der Waals surface area contributed by atoms with Crippen LogP contribution in [0, 0.1) is 5.82 Å². The molecule has 15 heavy (non-hydrogen) atoms. The molecule has 0 saturated carbocycles. The van der Waals surface area contributed by atoms with Crippen LogP contribution >= 0.6 is 12.2 Å². The minimum atomic E-state index is -0.282. The standard InChI is InChI=1S/C10H8FN3S/c11-7-3-1-6(2-4-7)9-8(10(12)15)5-13-14-9/h1-5H,(H2,12,15)(H,13,14). The van der Waals surface area contributed by atoms with Gasteiger partial charge in [-0.1, -0.05) is 12.2 Å². The van der Waals surface area contributed by atoms with Crippen LogP contribution in [0.4, 0.5) is 4.39 Å². The molecule has 0 bridgehead atoms. The smallest absolute Gasteiger partial charge is 0.123 e. The summed E-state index contributed by atoms with van der Waals surface area (Å²) in [5.74, 6) is -0.282. The quantitative estimate of drug-likeness (QED) is 0.761. The second kappa shape index (κ2) is 3.78. The van der Waals surface area contributed by atoms with Gasteiger partial charge < -0.3 is 5.73 Å². The Kier molecular flexibility index (Phi) is 2.47. The van der Waals surface area contributed by atoms with Crippen molar-refractivity contribution in [3.8, 4) is 11.3 Å². The predicted octanol–water partition coefficient (Wildman–Crippen LogP) is 1.85. The molecule has 3 N–H and O–H groups in total. The average molecular weight is 221 g/mol. The first kappa shape index (κ1) is 9.79.